The molecule has 0 atom stereocenters. The van der Waals surface area contributed by atoms with E-state index in [1.54, 1.807) is 0 Å². The number of nitrogens with zero attached hydrogens (tertiary/aromatic N) is 1. The lowest BCUT2D eigenvalue weighted by atomic mass is 10.2. The molecule has 0 spiro atoms. The zero-order valence-corrected chi connectivity index (χ0v) is 14.3. The molecule has 0 bridgehead atoms. The van der Waals surface area contributed by atoms with Crippen LogP contribution in [0.3, 0.4) is 0 Å². The molecular formula is C19H17NO3S. The van der Waals surface area contributed by atoms with Crippen LogP contribution in [0.5, 0.6) is 11.6 Å². The topological polar surface area (TPSA) is 48.4 Å². The van der Waals surface area contributed by atoms with Gasteiger partial charge in [0.25, 0.3) is 0 Å². The van der Waals surface area contributed by atoms with Gasteiger partial charge in [-0.05, 0) is 36.8 Å². The first-order valence-corrected chi connectivity index (χ1v) is 8.47. The van der Waals surface area contributed by atoms with Crippen molar-refractivity contribution in [3.63, 3.8) is 0 Å². The van der Waals surface area contributed by atoms with Gasteiger partial charge >= 0.3 is 5.97 Å². The van der Waals surface area contributed by atoms with E-state index >= 15 is 0 Å². The summed E-state index contributed by atoms with van der Waals surface area (Å²) in [6, 6.07) is 17.5. The smallest absolute Gasteiger partial charge is 0.309 e. The summed E-state index contributed by atoms with van der Waals surface area (Å²) >= 11 is 1.50. The maximum atomic E-state index is 11.4. The van der Waals surface area contributed by atoms with Gasteiger partial charge in [0.1, 0.15) is 10.8 Å². The van der Waals surface area contributed by atoms with Crippen LogP contribution in [-0.4, -0.2) is 17.6 Å². The Morgan fingerprint density at radius 2 is 1.75 bits per heavy atom. The van der Waals surface area contributed by atoms with E-state index in [2.05, 4.69) is 4.98 Å². The Morgan fingerprint density at radius 3 is 2.38 bits per heavy atom. The zero-order chi connectivity index (χ0) is 16.9. The molecule has 3 aromatic rings. The van der Waals surface area contributed by atoms with E-state index in [4.69, 9.17) is 9.47 Å². The van der Waals surface area contributed by atoms with E-state index in [1.807, 2.05) is 61.5 Å². The standard InChI is InChI=1S/C19H17NO3S/c1-3-22-16-11-9-15(10-12-16)19-20-18(23-13(2)21)17(24-19)14-7-5-4-6-8-14/h4-12H,3H2,1-2H3. The Bertz CT molecular complexity index is 826. The summed E-state index contributed by atoms with van der Waals surface area (Å²) in [6.45, 7) is 3.96. The fraction of sp³-hybridized carbons (Fsp3) is 0.158. The summed E-state index contributed by atoms with van der Waals surface area (Å²) in [7, 11) is 0. The number of thiazole rings is 1. The molecule has 0 N–H and O–H groups in total. The molecule has 24 heavy (non-hydrogen) atoms. The summed E-state index contributed by atoms with van der Waals surface area (Å²) in [5, 5.41) is 0.799. The predicted octanol–water partition coefficient (Wildman–Crippen LogP) is 4.80. The van der Waals surface area contributed by atoms with Gasteiger partial charge in [-0.15, -0.1) is 11.3 Å². The van der Waals surface area contributed by atoms with Crippen LogP contribution in [0.4, 0.5) is 0 Å². The molecular weight excluding hydrogens is 322 g/mol. The number of rotatable bonds is 5. The molecule has 122 valence electrons. The van der Waals surface area contributed by atoms with Crippen molar-refractivity contribution in [2.75, 3.05) is 6.61 Å². The third-order valence-electron chi connectivity index (χ3n) is 3.28. The highest BCUT2D eigenvalue weighted by Gasteiger charge is 2.17. The van der Waals surface area contributed by atoms with Gasteiger partial charge in [0, 0.05) is 12.5 Å². The lowest BCUT2D eigenvalue weighted by Crippen LogP contribution is -2.02. The van der Waals surface area contributed by atoms with Crippen LogP contribution in [0.25, 0.3) is 21.0 Å². The molecule has 5 heteroatoms. The quantitative estimate of drug-likeness (QED) is 0.626. The Morgan fingerprint density at radius 1 is 1.04 bits per heavy atom. The monoisotopic (exact) mass is 339 g/mol. The fourth-order valence-corrected chi connectivity index (χ4v) is 3.27. The van der Waals surface area contributed by atoms with Crippen LogP contribution < -0.4 is 9.47 Å². The number of hydrogen-bond acceptors (Lipinski definition) is 5. The van der Waals surface area contributed by atoms with E-state index < -0.39 is 0 Å². The molecule has 0 saturated carbocycles. The van der Waals surface area contributed by atoms with Gasteiger partial charge in [-0.3, -0.25) is 4.79 Å². The molecule has 1 aromatic heterocycles. The summed E-state index contributed by atoms with van der Waals surface area (Å²) in [5.41, 5.74) is 1.93. The van der Waals surface area contributed by atoms with E-state index in [9.17, 15) is 4.79 Å². The van der Waals surface area contributed by atoms with Gasteiger partial charge in [0.2, 0.25) is 5.88 Å². The second-order valence-electron chi connectivity index (χ2n) is 5.07. The lowest BCUT2D eigenvalue weighted by Gasteiger charge is -2.02. The minimum absolute atomic E-state index is 0.350. The molecule has 0 aliphatic heterocycles. The number of hydrogen-bond donors (Lipinski definition) is 0. The molecule has 2 aromatic carbocycles. The van der Waals surface area contributed by atoms with Crippen LogP contribution in [-0.2, 0) is 4.79 Å². The number of aromatic nitrogens is 1. The summed E-state index contributed by atoms with van der Waals surface area (Å²) in [5.74, 6) is 0.791. The van der Waals surface area contributed by atoms with Gasteiger partial charge in [-0.25, -0.2) is 4.98 Å². The highest BCUT2D eigenvalue weighted by molar-refractivity contribution is 7.18. The first-order chi connectivity index (χ1) is 11.7. The maximum Gasteiger partial charge on any atom is 0.309 e. The predicted molar refractivity (Wildman–Crippen MR) is 95.5 cm³/mol. The Balaban J connectivity index is 2.00. The van der Waals surface area contributed by atoms with Crippen molar-refractivity contribution in [2.24, 2.45) is 0 Å². The number of benzene rings is 2. The molecule has 4 nitrogen and oxygen atoms in total. The highest BCUT2D eigenvalue weighted by Crippen LogP contribution is 2.40. The van der Waals surface area contributed by atoms with Gasteiger partial charge in [0.05, 0.1) is 11.5 Å². The van der Waals surface area contributed by atoms with Crippen molar-refractivity contribution >= 4 is 17.3 Å². The molecule has 0 aliphatic rings. The number of carbonyl (C=O) groups excluding carboxylic acids is 1. The highest BCUT2D eigenvalue weighted by atomic mass is 32.1. The second-order valence-corrected chi connectivity index (χ2v) is 6.07. The van der Waals surface area contributed by atoms with Crippen molar-refractivity contribution in [1.82, 2.24) is 4.98 Å². The van der Waals surface area contributed by atoms with Crippen molar-refractivity contribution in [3.8, 4) is 32.6 Å². The number of esters is 1. The Labute approximate surface area is 144 Å². The number of ether oxygens (including phenoxy) is 2. The normalized spacial score (nSPS) is 10.4. The molecule has 0 amide bonds. The first kappa shape index (κ1) is 16.2. The first-order valence-electron chi connectivity index (χ1n) is 7.65. The van der Waals surface area contributed by atoms with Crippen molar-refractivity contribution in [2.45, 2.75) is 13.8 Å². The summed E-state index contributed by atoms with van der Waals surface area (Å²) < 4.78 is 10.8. The second kappa shape index (κ2) is 7.27. The van der Waals surface area contributed by atoms with E-state index in [0.29, 0.717) is 12.5 Å². The third kappa shape index (κ3) is 3.63. The van der Waals surface area contributed by atoms with Gasteiger partial charge in [0.15, 0.2) is 0 Å². The van der Waals surface area contributed by atoms with Crippen molar-refractivity contribution in [1.29, 1.82) is 0 Å². The average molecular weight is 339 g/mol. The SMILES string of the molecule is CCOc1ccc(-c2nc(OC(C)=O)c(-c3ccccc3)s2)cc1. The van der Waals surface area contributed by atoms with E-state index in [1.165, 1.54) is 18.3 Å². The van der Waals surface area contributed by atoms with Crippen LogP contribution in [0.1, 0.15) is 13.8 Å². The van der Waals surface area contributed by atoms with Crippen molar-refractivity contribution in [3.05, 3.63) is 54.6 Å². The number of carbonyl (C=O) groups is 1. The third-order valence-corrected chi connectivity index (χ3v) is 4.42. The fourth-order valence-electron chi connectivity index (χ4n) is 2.27. The van der Waals surface area contributed by atoms with Crippen LogP contribution in [0.2, 0.25) is 0 Å². The Hall–Kier alpha value is -2.66. The van der Waals surface area contributed by atoms with Crippen molar-refractivity contribution < 1.29 is 14.3 Å². The lowest BCUT2D eigenvalue weighted by molar-refractivity contribution is -0.132. The molecule has 0 unspecified atom stereocenters. The molecule has 0 fully saturated rings. The molecule has 0 aliphatic carbocycles. The largest absolute Gasteiger partial charge is 0.494 e. The van der Waals surface area contributed by atoms with Crippen LogP contribution >= 0.6 is 11.3 Å². The Kier molecular flexibility index (Phi) is 4.91. The molecule has 0 radical (unpaired) electrons. The minimum Gasteiger partial charge on any atom is -0.494 e. The minimum atomic E-state index is -0.379. The van der Waals surface area contributed by atoms with Gasteiger partial charge in [-0.2, -0.15) is 0 Å². The van der Waals surface area contributed by atoms with E-state index in [-0.39, 0.29) is 5.97 Å². The maximum absolute atomic E-state index is 11.4. The van der Waals surface area contributed by atoms with Crippen LogP contribution in [0.15, 0.2) is 54.6 Å². The molecule has 1 heterocycles. The summed E-state index contributed by atoms with van der Waals surface area (Å²) in [4.78, 5) is 16.7. The zero-order valence-electron chi connectivity index (χ0n) is 13.5. The molecule has 0 saturated heterocycles. The summed E-state index contributed by atoms with van der Waals surface area (Å²) in [6.07, 6.45) is 0. The average Bonchev–Trinajstić information content (AvgIpc) is 3.00. The van der Waals surface area contributed by atoms with Gasteiger partial charge in [-0.1, -0.05) is 30.3 Å². The van der Waals surface area contributed by atoms with Gasteiger partial charge < -0.3 is 9.47 Å². The van der Waals surface area contributed by atoms with E-state index in [0.717, 1.165) is 26.8 Å². The molecule has 3 rings (SSSR count). The van der Waals surface area contributed by atoms with Crippen LogP contribution in [0, 0.1) is 0 Å².